The molecule has 6 heteroatoms. The standard InChI is InChI=1S/C12H14N2O3P/c1-11-5-3-7-13(9-11)16-18(15)17-14-8-4-6-12(2)10-14/h3-10H,1-2H3/q+3. The summed E-state index contributed by atoms with van der Waals surface area (Å²) in [6.07, 6.45) is 6.75. The Kier molecular flexibility index (Phi) is 3.85. The zero-order chi connectivity index (χ0) is 13.0. The third kappa shape index (κ3) is 3.50. The summed E-state index contributed by atoms with van der Waals surface area (Å²) in [5.41, 5.74) is 2.01. The Morgan fingerprint density at radius 2 is 1.39 bits per heavy atom. The van der Waals surface area contributed by atoms with Gasteiger partial charge in [0.1, 0.15) is 0 Å². The van der Waals surface area contributed by atoms with E-state index in [9.17, 15) is 4.57 Å². The minimum absolute atomic E-state index is 1.00. The van der Waals surface area contributed by atoms with Gasteiger partial charge in [0, 0.05) is 37.1 Å². The largest absolute Gasteiger partial charge is 0.927 e. The second kappa shape index (κ2) is 5.56. The van der Waals surface area contributed by atoms with E-state index in [2.05, 4.69) is 0 Å². The topological polar surface area (TPSA) is 43.3 Å². The Balaban J connectivity index is 2.01. The van der Waals surface area contributed by atoms with Gasteiger partial charge in [-0.25, -0.2) is 0 Å². The lowest BCUT2D eigenvalue weighted by Gasteiger charge is -1.87. The van der Waals surface area contributed by atoms with Crippen LogP contribution in [0.25, 0.3) is 0 Å². The number of rotatable bonds is 4. The zero-order valence-corrected chi connectivity index (χ0v) is 11.1. The van der Waals surface area contributed by atoms with Crippen molar-refractivity contribution in [2.24, 2.45) is 0 Å². The van der Waals surface area contributed by atoms with E-state index in [1.165, 1.54) is 9.46 Å². The second-order valence-corrected chi connectivity index (χ2v) is 4.64. The van der Waals surface area contributed by atoms with Crippen molar-refractivity contribution >= 4 is 8.25 Å². The van der Waals surface area contributed by atoms with E-state index >= 15 is 0 Å². The highest BCUT2D eigenvalue weighted by Gasteiger charge is 2.36. The van der Waals surface area contributed by atoms with Gasteiger partial charge in [0.2, 0.25) is 24.8 Å². The van der Waals surface area contributed by atoms with E-state index in [1.54, 1.807) is 36.9 Å². The molecule has 0 amide bonds. The summed E-state index contributed by atoms with van der Waals surface area (Å²) in [6, 6.07) is 7.45. The molecule has 0 spiro atoms. The molecule has 0 atom stereocenters. The zero-order valence-electron chi connectivity index (χ0n) is 10.2. The third-order valence-corrected chi connectivity index (χ3v) is 2.81. The van der Waals surface area contributed by atoms with Crippen LogP contribution in [0.15, 0.2) is 49.1 Å². The minimum atomic E-state index is -2.28. The molecule has 2 heterocycles. The van der Waals surface area contributed by atoms with Crippen LogP contribution in [0, 0.1) is 13.8 Å². The van der Waals surface area contributed by atoms with Gasteiger partial charge in [0.05, 0.1) is 9.46 Å². The Bertz CT molecular complexity index is 525. The fourth-order valence-corrected chi connectivity index (χ4v) is 1.94. The van der Waals surface area contributed by atoms with Crippen LogP contribution in [0.1, 0.15) is 11.1 Å². The Labute approximate surface area is 106 Å². The van der Waals surface area contributed by atoms with Crippen molar-refractivity contribution in [3.63, 3.8) is 0 Å². The quantitative estimate of drug-likeness (QED) is 0.614. The van der Waals surface area contributed by atoms with Crippen molar-refractivity contribution in [3.05, 3.63) is 60.2 Å². The molecule has 92 valence electrons. The Morgan fingerprint density at radius 3 is 1.78 bits per heavy atom. The van der Waals surface area contributed by atoms with Crippen LogP contribution in [0.5, 0.6) is 0 Å². The molecule has 2 rings (SSSR count). The Morgan fingerprint density at radius 1 is 0.944 bits per heavy atom. The molecule has 0 bridgehead atoms. The van der Waals surface area contributed by atoms with E-state index in [1.807, 2.05) is 26.0 Å². The molecule has 0 aliphatic heterocycles. The smallest absolute Gasteiger partial charge is 0.0471 e. The van der Waals surface area contributed by atoms with E-state index in [4.69, 9.17) is 9.25 Å². The summed E-state index contributed by atoms with van der Waals surface area (Å²) in [7, 11) is -2.28. The van der Waals surface area contributed by atoms with Crippen molar-refractivity contribution in [2.45, 2.75) is 13.8 Å². The van der Waals surface area contributed by atoms with Gasteiger partial charge >= 0.3 is 8.25 Å². The highest BCUT2D eigenvalue weighted by Crippen LogP contribution is 2.09. The molecule has 2 aromatic rings. The highest BCUT2D eigenvalue weighted by atomic mass is 31.1. The molecular weight excluding hydrogens is 251 g/mol. The first kappa shape index (κ1) is 12.5. The fourth-order valence-electron chi connectivity index (χ4n) is 1.40. The normalized spacial score (nSPS) is 9.89. The predicted octanol–water partition coefficient (Wildman–Crippen LogP) is 1.09. The molecular formula is C12H14N2O3P+3. The molecule has 0 aliphatic carbocycles. The van der Waals surface area contributed by atoms with Crippen molar-refractivity contribution in [2.75, 3.05) is 0 Å². The van der Waals surface area contributed by atoms with Crippen molar-refractivity contribution in [3.8, 4) is 0 Å². The number of pyridine rings is 2. The van der Waals surface area contributed by atoms with Gasteiger partial charge < -0.3 is 0 Å². The highest BCUT2D eigenvalue weighted by molar-refractivity contribution is 7.33. The molecule has 2 aromatic heterocycles. The molecule has 0 aromatic carbocycles. The van der Waals surface area contributed by atoms with E-state index < -0.39 is 8.25 Å². The van der Waals surface area contributed by atoms with Gasteiger partial charge in [-0.05, 0) is 26.0 Å². The maximum absolute atomic E-state index is 11.7. The summed E-state index contributed by atoms with van der Waals surface area (Å²) >= 11 is 0. The van der Waals surface area contributed by atoms with Crippen molar-refractivity contribution < 1.29 is 23.3 Å². The van der Waals surface area contributed by atoms with E-state index in [-0.39, 0.29) is 0 Å². The fraction of sp³-hybridized carbons (Fsp3) is 0.167. The first-order valence-electron chi connectivity index (χ1n) is 5.43. The molecule has 5 nitrogen and oxygen atoms in total. The first-order chi connectivity index (χ1) is 8.63. The third-order valence-electron chi connectivity index (χ3n) is 2.17. The summed E-state index contributed by atoms with van der Waals surface area (Å²) in [5.74, 6) is 0. The molecule has 0 saturated heterocycles. The second-order valence-electron chi connectivity index (χ2n) is 3.87. The number of nitrogens with zero attached hydrogens (tertiary/aromatic N) is 2. The summed E-state index contributed by atoms with van der Waals surface area (Å²) in [6.45, 7) is 3.84. The van der Waals surface area contributed by atoms with Gasteiger partial charge in [-0.3, -0.25) is 0 Å². The molecule has 0 N–H and O–H groups in total. The van der Waals surface area contributed by atoms with E-state index in [0.29, 0.717) is 0 Å². The monoisotopic (exact) mass is 265 g/mol. The summed E-state index contributed by atoms with van der Waals surface area (Å²) in [5, 5.41) is 0. The summed E-state index contributed by atoms with van der Waals surface area (Å²) in [4.78, 5) is 0. The maximum Gasteiger partial charge on any atom is 0.927 e. The lowest BCUT2D eigenvalue weighted by atomic mass is 10.3. The number of aromatic nitrogens is 2. The van der Waals surface area contributed by atoms with Crippen LogP contribution in [0.2, 0.25) is 0 Å². The van der Waals surface area contributed by atoms with Crippen LogP contribution in [-0.2, 0) is 4.57 Å². The first-order valence-corrected chi connectivity index (χ1v) is 6.53. The lowest BCUT2D eigenvalue weighted by Crippen LogP contribution is -2.44. The van der Waals surface area contributed by atoms with Gasteiger partial charge in [0.25, 0.3) is 0 Å². The van der Waals surface area contributed by atoms with Crippen LogP contribution >= 0.6 is 8.25 Å². The average molecular weight is 265 g/mol. The van der Waals surface area contributed by atoms with Crippen molar-refractivity contribution in [1.29, 1.82) is 0 Å². The predicted molar refractivity (Wildman–Crippen MR) is 63.5 cm³/mol. The molecule has 0 radical (unpaired) electrons. The number of hydrogen-bond acceptors (Lipinski definition) is 3. The SMILES string of the molecule is Cc1ccc[n+](O[P+](=O)O[n+]2cccc(C)c2)c1. The molecule has 0 aliphatic rings. The molecule has 0 fully saturated rings. The van der Waals surface area contributed by atoms with E-state index in [0.717, 1.165) is 11.1 Å². The Hall–Kier alpha value is -2.00. The number of aryl methyl sites for hydroxylation is 2. The van der Waals surface area contributed by atoms with Crippen LogP contribution in [0.4, 0.5) is 0 Å². The van der Waals surface area contributed by atoms with Gasteiger partial charge in [-0.1, -0.05) is 0 Å². The van der Waals surface area contributed by atoms with Crippen molar-refractivity contribution in [1.82, 2.24) is 0 Å². The van der Waals surface area contributed by atoms with Gasteiger partial charge in [0.15, 0.2) is 0 Å². The lowest BCUT2D eigenvalue weighted by molar-refractivity contribution is -0.884. The number of hydrogen-bond donors (Lipinski definition) is 0. The van der Waals surface area contributed by atoms with Crippen LogP contribution in [0.3, 0.4) is 0 Å². The molecule has 18 heavy (non-hydrogen) atoms. The van der Waals surface area contributed by atoms with Crippen LogP contribution < -0.4 is 18.7 Å². The maximum atomic E-state index is 11.7. The van der Waals surface area contributed by atoms with Gasteiger partial charge in [-0.15, -0.1) is 0 Å². The minimum Gasteiger partial charge on any atom is -0.0471 e. The van der Waals surface area contributed by atoms with Gasteiger partial charge in [-0.2, -0.15) is 0 Å². The summed E-state index contributed by atoms with van der Waals surface area (Å²) < 4.78 is 24.6. The average Bonchev–Trinajstić information content (AvgIpc) is 2.28. The van der Waals surface area contributed by atoms with Crippen LogP contribution in [-0.4, -0.2) is 0 Å². The molecule has 0 unspecified atom stereocenters. The molecule has 0 saturated carbocycles.